The van der Waals surface area contributed by atoms with E-state index in [9.17, 15) is 4.79 Å². The van der Waals surface area contributed by atoms with Gasteiger partial charge in [-0.15, -0.1) is 0 Å². The monoisotopic (exact) mass is 200 g/mol. The minimum Gasteiger partial charge on any atom is -0.466 e. The first-order valence-corrected chi connectivity index (χ1v) is 5.18. The van der Waals surface area contributed by atoms with Gasteiger partial charge in [-0.3, -0.25) is 4.79 Å². The molecule has 0 aromatic heterocycles. The molecular weight excluding hydrogens is 180 g/mol. The number of carbonyl (C=O) groups is 1. The van der Waals surface area contributed by atoms with E-state index in [-0.39, 0.29) is 5.97 Å². The van der Waals surface area contributed by atoms with Crippen LogP contribution in [0.2, 0.25) is 0 Å². The molecule has 1 atom stereocenters. The molecule has 1 fully saturated rings. The highest BCUT2D eigenvalue weighted by Crippen LogP contribution is 2.10. The Labute approximate surface area is 85.8 Å². The zero-order valence-corrected chi connectivity index (χ0v) is 9.32. The van der Waals surface area contributed by atoms with Crippen molar-refractivity contribution in [2.24, 2.45) is 0 Å². The zero-order chi connectivity index (χ0) is 10.6. The summed E-state index contributed by atoms with van der Waals surface area (Å²) in [5.74, 6) is -0.0837. The Morgan fingerprint density at radius 2 is 2.14 bits per heavy atom. The molecule has 0 amide bonds. The van der Waals surface area contributed by atoms with Crippen molar-refractivity contribution in [1.29, 1.82) is 0 Å². The van der Waals surface area contributed by atoms with Gasteiger partial charge in [0.1, 0.15) is 0 Å². The van der Waals surface area contributed by atoms with Crippen LogP contribution in [0.4, 0.5) is 0 Å². The van der Waals surface area contributed by atoms with Crippen LogP contribution in [0.25, 0.3) is 0 Å². The van der Waals surface area contributed by atoms with E-state index in [1.165, 1.54) is 0 Å². The largest absolute Gasteiger partial charge is 0.466 e. The topological polar surface area (TPSA) is 32.8 Å². The molecule has 0 N–H and O–H groups in total. The van der Waals surface area contributed by atoms with E-state index >= 15 is 0 Å². The van der Waals surface area contributed by atoms with Crippen molar-refractivity contribution in [1.82, 2.24) is 9.80 Å². The van der Waals surface area contributed by atoms with Crippen LogP contribution in [0.3, 0.4) is 0 Å². The highest BCUT2D eigenvalue weighted by atomic mass is 16.5. The molecule has 0 radical (unpaired) electrons. The molecule has 0 aromatic carbocycles. The lowest BCUT2D eigenvalue weighted by Gasteiger charge is -2.37. The van der Waals surface area contributed by atoms with Crippen molar-refractivity contribution in [3.8, 4) is 0 Å². The molecule has 82 valence electrons. The smallest absolute Gasteiger partial charge is 0.307 e. The minimum absolute atomic E-state index is 0.0837. The summed E-state index contributed by atoms with van der Waals surface area (Å²) < 4.78 is 4.94. The zero-order valence-electron chi connectivity index (χ0n) is 9.32. The number of ether oxygens (including phenoxy) is 1. The molecule has 0 unspecified atom stereocenters. The Morgan fingerprint density at radius 1 is 1.43 bits per heavy atom. The first kappa shape index (κ1) is 11.5. The molecule has 1 rings (SSSR count). The van der Waals surface area contributed by atoms with Gasteiger partial charge >= 0.3 is 5.97 Å². The van der Waals surface area contributed by atoms with Crippen molar-refractivity contribution >= 4 is 5.97 Å². The van der Waals surface area contributed by atoms with Crippen LogP contribution in [-0.4, -0.2) is 62.1 Å². The van der Waals surface area contributed by atoms with Gasteiger partial charge in [0.05, 0.1) is 13.0 Å². The summed E-state index contributed by atoms with van der Waals surface area (Å²) in [6.45, 7) is 5.38. The third kappa shape index (κ3) is 3.27. The normalized spacial score (nSPS) is 24.9. The summed E-state index contributed by atoms with van der Waals surface area (Å²) in [5, 5.41) is 0. The van der Waals surface area contributed by atoms with Crippen molar-refractivity contribution in [2.75, 3.05) is 40.3 Å². The lowest BCUT2D eigenvalue weighted by atomic mass is 10.1. The lowest BCUT2D eigenvalue weighted by molar-refractivity contribution is -0.144. The molecule has 4 nitrogen and oxygen atoms in total. The van der Waals surface area contributed by atoms with Crippen LogP contribution in [0.5, 0.6) is 0 Å². The van der Waals surface area contributed by atoms with Gasteiger partial charge in [-0.1, -0.05) is 0 Å². The molecule has 14 heavy (non-hydrogen) atoms. The van der Waals surface area contributed by atoms with Gasteiger partial charge in [-0.2, -0.15) is 0 Å². The van der Waals surface area contributed by atoms with Gasteiger partial charge in [-0.05, 0) is 21.0 Å². The van der Waals surface area contributed by atoms with Crippen LogP contribution >= 0.6 is 0 Å². The van der Waals surface area contributed by atoms with Crippen molar-refractivity contribution < 1.29 is 9.53 Å². The molecule has 1 heterocycles. The third-order valence-corrected chi connectivity index (χ3v) is 2.69. The van der Waals surface area contributed by atoms with E-state index in [0.717, 1.165) is 19.6 Å². The van der Waals surface area contributed by atoms with Gasteiger partial charge < -0.3 is 14.5 Å². The van der Waals surface area contributed by atoms with E-state index in [1.54, 1.807) is 0 Å². The van der Waals surface area contributed by atoms with Gasteiger partial charge in [0.15, 0.2) is 0 Å². The van der Waals surface area contributed by atoms with Crippen LogP contribution < -0.4 is 0 Å². The lowest BCUT2D eigenvalue weighted by Crippen LogP contribution is -2.50. The van der Waals surface area contributed by atoms with Gasteiger partial charge in [0.25, 0.3) is 0 Å². The second-order valence-corrected chi connectivity index (χ2v) is 3.91. The SMILES string of the molecule is CCOC(=O)C[C@@H]1CN(C)CCN1C. The molecule has 0 saturated carbocycles. The molecule has 0 aromatic rings. The number of nitrogens with zero attached hydrogens (tertiary/aromatic N) is 2. The van der Waals surface area contributed by atoms with E-state index in [4.69, 9.17) is 4.74 Å². The number of carbonyl (C=O) groups excluding carboxylic acids is 1. The van der Waals surface area contributed by atoms with Crippen LogP contribution in [0, 0.1) is 0 Å². The maximum Gasteiger partial charge on any atom is 0.307 e. The van der Waals surface area contributed by atoms with Crippen LogP contribution in [0.15, 0.2) is 0 Å². The molecule has 0 spiro atoms. The molecular formula is C10H20N2O2. The number of likely N-dealkylation sites (N-methyl/N-ethyl adjacent to an activating group) is 2. The fourth-order valence-electron chi connectivity index (χ4n) is 1.73. The quantitative estimate of drug-likeness (QED) is 0.609. The Morgan fingerprint density at radius 3 is 2.79 bits per heavy atom. The predicted octanol–water partition coefficient (Wildman–Crippen LogP) is 0.185. The molecule has 0 bridgehead atoms. The second kappa shape index (κ2) is 5.32. The molecule has 1 saturated heterocycles. The predicted molar refractivity (Wildman–Crippen MR) is 55.2 cm³/mol. The number of hydrogen-bond donors (Lipinski definition) is 0. The summed E-state index contributed by atoms with van der Waals surface area (Å²) in [4.78, 5) is 15.8. The maximum absolute atomic E-state index is 11.3. The van der Waals surface area contributed by atoms with E-state index < -0.39 is 0 Å². The highest BCUT2D eigenvalue weighted by molar-refractivity contribution is 5.70. The number of hydrogen-bond acceptors (Lipinski definition) is 4. The van der Waals surface area contributed by atoms with Crippen molar-refractivity contribution in [2.45, 2.75) is 19.4 Å². The average Bonchev–Trinajstić information content (AvgIpc) is 2.12. The molecule has 4 heteroatoms. The van der Waals surface area contributed by atoms with E-state index in [2.05, 4.69) is 23.9 Å². The van der Waals surface area contributed by atoms with Crippen LogP contribution in [0.1, 0.15) is 13.3 Å². The second-order valence-electron chi connectivity index (χ2n) is 3.91. The first-order chi connectivity index (χ1) is 6.63. The van der Waals surface area contributed by atoms with E-state index in [1.807, 2.05) is 6.92 Å². The maximum atomic E-state index is 11.3. The standard InChI is InChI=1S/C10H20N2O2/c1-4-14-10(13)7-9-8-11(2)5-6-12(9)3/h9H,4-8H2,1-3H3/t9-/m1/s1. The Hall–Kier alpha value is -0.610. The van der Waals surface area contributed by atoms with Gasteiger partial charge in [-0.25, -0.2) is 0 Å². The molecule has 0 aliphatic carbocycles. The summed E-state index contributed by atoms with van der Waals surface area (Å²) >= 11 is 0. The number of piperazine rings is 1. The summed E-state index contributed by atoms with van der Waals surface area (Å²) in [6.07, 6.45) is 0.509. The van der Waals surface area contributed by atoms with Gasteiger partial charge in [0, 0.05) is 25.7 Å². The van der Waals surface area contributed by atoms with Crippen molar-refractivity contribution in [3.05, 3.63) is 0 Å². The number of rotatable bonds is 3. The summed E-state index contributed by atoms with van der Waals surface area (Å²) in [5.41, 5.74) is 0. The summed E-state index contributed by atoms with van der Waals surface area (Å²) in [6, 6.07) is 0.313. The minimum atomic E-state index is -0.0837. The Bertz CT molecular complexity index is 197. The fraction of sp³-hybridized carbons (Fsp3) is 0.900. The highest BCUT2D eigenvalue weighted by Gasteiger charge is 2.24. The van der Waals surface area contributed by atoms with Gasteiger partial charge in [0.2, 0.25) is 0 Å². The summed E-state index contributed by atoms with van der Waals surface area (Å²) in [7, 11) is 4.15. The fourth-order valence-corrected chi connectivity index (χ4v) is 1.73. The third-order valence-electron chi connectivity index (χ3n) is 2.69. The molecule has 1 aliphatic rings. The van der Waals surface area contributed by atoms with Crippen molar-refractivity contribution in [3.63, 3.8) is 0 Å². The van der Waals surface area contributed by atoms with E-state index in [0.29, 0.717) is 19.1 Å². The first-order valence-electron chi connectivity index (χ1n) is 5.18. The average molecular weight is 200 g/mol. The van der Waals surface area contributed by atoms with Crippen LogP contribution in [-0.2, 0) is 9.53 Å². The Balaban J connectivity index is 2.37. The number of esters is 1. The molecule has 1 aliphatic heterocycles. The Kier molecular flexibility index (Phi) is 4.35.